The fourth-order valence-electron chi connectivity index (χ4n) is 2.22. The van der Waals surface area contributed by atoms with Crippen molar-refractivity contribution >= 4 is 21.0 Å². The first kappa shape index (κ1) is 17.4. The summed E-state index contributed by atoms with van der Waals surface area (Å²) >= 11 is 4.56. The van der Waals surface area contributed by atoms with Crippen molar-refractivity contribution in [1.82, 2.24) is 0 Å². The second-order valence-corrected chi connectivity index (χ2v) is 6.72. The molecule has 0 bridgehead atoms. The first-order valence-corrected chi connectivity index (χ1v) is 8.95. The largest absolute Gasteiger partial charge is 0.334 e. The standard InChI is InChI=1S/C17H20FO2PS/c1-3-19-21(20-4-2)17(13-9-11-14(18)12-10-13)15-7-5-6-8-16(15)22/h5-12,17,22H,3-4H2,1-2H3. The average Bonchev–Trinajstić information content (AvgIpc) is 2.52. The highest BCUT2D eigenvalue weighted by molar-refractivity contribution is 7.80. The van der Waals surface area contributed by atoms with Gasteiger partial charge in [0, 0.05) is 4.90 Å². The van der Waals surface area contributed by atoms with Crippen LogP contribution in [0.1, 0.15) is 30.6 Å². The van der Waals surface area contributed by atoms with Gasteiger partial charge in [-0.05, 0) is 43.2 Å². The Morgan fingerprint density at radius 3 is 2.14 bits per heavy atom. The number of hydrogen-bond donors (Lipinski definition) is 1. The van der Waals surface area contributed by atoms with E-state index in [1.165, 1.54) is 12.1 Å². The highest BCUT2D eigenvalue weighted by Gasteiger charge is 2.28. The summed E-state index contributed by atoms with van der Waals surface area (Å²) in [6, 6.07) is 14.4. The fraction of sp³-hybridized carbons (Fsp3) is 0.294. The summed E-state index contributed by atoms with van der Waals surface area (Å²) in [6.07, 6.45) is 0. The summed E-state index contributed by atoms with van der Waals surface area (Å²) in [5.41, 5.74) is 1.91. The molecule has 2 rings (SSSR count). The molecule has 0 heterocycles. The van der Waals surface area contributed by atoms with Crippen molar-refractivity contribution in [2.24, 2.45) is 0 Å². The highest BCUT2D eigenvalue weighted by atomic mass is 32.1. The maximum atomic E-state index is 13.3. The van der Waals surface area contributed by atoms with E-state index in [0.717, 1.165) is 16.0 Å². The Bertz CT molecular complexity index is 585. The van der Waals surface area contributed by atoms with E-state index < -0.39 is 8.38 Å². The summed E-state index contributed by atoms with van der Waals surface area (Å²) < 4.78 is 25.0. The van der Waals surface area contributed by atoms with Gasteiger partial charge in [0.1, 0.15) is 5.82 Å². The topological polar surface area (TPSA) is 18.5 Å². The molecule has 0 fully saturated rings. The summed E-state index contributed by atoms with van der Waals surface area (Å²) in [4.78, 5) is 0.878. The number of rotatable bonds is 7. The van der Waals surface area contributed by atoms with Crippen LogP contribution in [0.15, 0.2) is 53.4 Å². The zero-order valence-corrected chi connectivity index (χ0v) is 14.5. The van der Waals surface area contributed by atoms with Gasteiger partial charge in [0.05, 0.1) is 18.9 Å². The van der Waals surface area contributed by atoms with Gasteiger partial charge in [-0.25, -0.2) is 4.39 Å². The summed E-state index contributed by atoms with van der Waals surface area (Å²) in [5, 5.41) is 0. The summed E-state index contributed by atoms with van der Waals surface area (Å²) in [5.74, 6) is -0.251. The first-order valence-electron chi connectivity index (χ1n) is 7.25. The Morgan fingerprint density at radius 1 is 1.00 bits per heavy atom. The Kier molecular flexibility index (Phi) is 6.84. The lowest BCUT2D eigenvalue weighted by atomic mass is 10.0. The van der Waals surface area contributed by atoms with Crippen LogP contribution in [-0.4, -0.2) is 13.2 Å². The molecule has 0 aliphatic heterocycles. The third kappa shape index (κ3) is 4.30. The minimum atomic E-state index is -1.17. The third-order valence-corrected chi connectivity index (χ3v) is 5.57. The van der Waals surface area contributed by atoms with Crippen LogP contribution < -0.4 is 0 Å². The van der Waals surface area contributed by atoms with Gasteiger partial charge in [-0.2, -0.15) is 0 Å². The number of benzene rings is 2. The van der Waals surface area contributed by atoms with Crippen molar-refractivity contribution in [3.63, 3.8) is 0 Å². The van der Waals surface area contributed by atoms with E-state index in [4.69, 9.17) is 9.05 Å². The van der Waals surface area contributed by atoms with Gasteiger partial charge in [0.15, 0.2) is 8.38 Å². The number of halogens is 1. The van der Waals surface area contributed by atoms with Gasteiger partial charge in [-0.1, -0.05) is 30.3 Å². The second-order valence-electron chi connectivity index (χ2n) is 4.63. The van der Waals surface area contributed by atoms with Crippen LogP contribution in [0.4, 0.5) is 4.39 Å². The van der Waals surface area contributed by atoms with E-state index in [2.05, 4.69) is 12.6 Å². The van der Waals surface area contributed by atoms with E-state index in [9.17, 15) is 4.39 Å². The average molecular weight is 338 g/mol. The fourth-order valence-corrected chi connectivity index (χ4v) is 4.36. The molecule has 2 aromatic rings. The Morgan fingerprint density at radius 2 is 1.59 bits per heavy atom. The number of thiol groups is 1. The molecule has 118 valence electrons. The van der Waals surface area contributed by atoms with Crippen LogP contribution >= 0.6 is 21.0 Å². The lowest BCUT2D eigenvalue weighted by Crippen LogP contribution is -2.05. The minimum Gasteiger partial charge on any atom is -0.334 e. The predicted molar refractivity (Wildman–Crippen MR) is 92.1 cm³/mol. The molecular formula is C17H20FO2PS. The quantitative estimate of drug-likeness (QED) is 0.524. The minimum absolute atomic E-state index is 0.0933. The van der Waals surface area contributed by atoms with E-state index in [0.29, 0.717) is 13.2 Å². The molecule has 0 radical (unpaired) electrons. The third-order valence-electron chi connectivity index (χ3n) is 3.14. The molecule has 0 amide bonds. The van der Waals surface area contributed by atoms with Crippen LogP contribution in [0.25, 0.3) is 0 Å². The molecule has 0 aliphatic rings. The molecule has 1 unspecified atom stereocenters. The van der Waals surface area contributed by atoms with Gasteiger partial charge < -0.3 is 9.05 Å². The van der Waals surface area contributed by atoms with Crippen LogP contribution in [0.3, 0.4) is 0 Å². The Balaban J connectivity index is 2.48. The van der Waals surface area contributed by atoms with E-state index in [-0.39, 0.29) is 11.5 Å². The van der Waals surface area contributed by atoms with Crippen molar-refractivity contribution in [2.75, 3.05) is 13.2 Å². The first-order chi connectivity index (χ1) is 10.7. The van der Waals surface area contributed by atoms with Crippen molar-refractivity contribution in [1.29, 1.82) is 0 Å². The molecule has 0 saturated carbocycles. The molecule has 0 aliphatic carbocycles. The summed E-state index contributed by atoms with van der Waals surface area (Å²) in [6.45, 7) is 5.03. The van der Waals surface area contributed by atoms with Gasteiger partial charge in [0.2, 0.25) is 0 Å². The van der Waals surface area contributed by atoms with Gasteiger partial charge in [-0.15, -0.1) is 12.6 Å². The lowest BCUT2D eigenvalue weighted by molar-refractivity contribution is 0.265. The van der Waals surface area contributed by atoms with E-state index >= 15 is 0 Å². The van der Waals surface area contributed by atoms with Crippen LogP contribution in [-0.2, 0) is 9.05 Å². The smallest absolute Gasteiger partial charge is 0.183 e. The Labute approximate surface area is 138 Å². The monoisotopic (exact) mass is 338 g/mol. The SMILES string of the molecule is CCOP(OCC)C(c1ccc(F)cc1)c1ccccc1S. The molecule has 0 aromatic heterocycles. The number of hydrogen-bond acceptors (Lipinski definition) is 3. The van der Waals surface area contributed by atoms with Gasteiger partial charge in [0.25, 0.3) is 0 Å². The molecule has 0 spiro atoms. The van der Waals surface area contributed by atoms with Crippen LogP contribution in [0.5, 0.6) is 0 Å². The maximum Gasteiger partial charge on any atom is 0.183 e. The van der Waals surface area contributed by atoms with Crippen LogP contribution in [0, 0.1) is 5.82 Å². The molecule has 5 heteroatoms. The molecule has 2 aromatic carbocycles. The van der Waals surface area contributed by atoms with Gasteiger partial charge in [-0.3, -0.25) is 0 Å². The molecule has 1 atom stereocenters. The second kappa shape index (κ2) is 8.64. The van der Waals surface area contributed by atoms with E-state index in [1.54, 1.807) is 12.1 Å². The predicted octanol–water partition coefficient (Wildman–Crippen LogP) is 5.59. The molecule has 2 nitrogen and oxygen atoms in total. The highest BCUT2D eigenvalue weighted by Crippen LogP contribution is 2.57. The van der Waals surface area contributed by atoms with Gasteiger partial charge >= 0.3 is 0 Å². The molecule has 22 heavy (non-hydrogen) atoms. The van der Waals surface area contributed by atoms with Crippen molar-refractivity contribution in [3.05, 3.63) is 65.5 Å². The zero-order valence-electron chi connectivity index (χ0n) is 12.7. The lowest BCUT2D eigenvalue weighted by Gasteiger charge is -2.27. The Hall–Kier alpha value is -0.930. The van der Waals surface area contributed by atoms with Crippen molar-refractivity contribution in [2.45, 2.75) is 24.4 Å². The molecular weight excluding hydrogens is 318 g/mol. The van der Waals surface area contributed by atoms with Crippen molar-refractivity contribution in [3.8, 4) is 0 Å². The summed E-state index contributed by atoms with van der Waals surface area (Å²) in [7, 11) is -1.17. The van der Waals surface area contributed by atoms with Crippen molar-refractivity contribution < 1.29 is 13.4 Å². The maximum absolute atomic E-state index is 13.3. The van der Waals surface area contributed by atoms with E-state index in [1.807, 2.05) is 38.1 Å². The molecule has 0 saturated heterocycles. The molecule has 0 N–H and O–H groups in total. The van der Waals surface area contributed by atoms with Crippen LogP contribution in [0.2, 0.25) is 0 Å². The normalized spacial score (nSPS) is 12.6. The zero-order chi connectivity index (χ0) is 15.9.